The molecule has 2 radical (unpaired) electrons. The van der Waals surface area contributed by atoms with Crippen LogP contribution in [0.2, 0.25) is 0 Å². The Morgan fingerprint density at radius 3 is 2.81 bits per heavy atom. The van der Waals surface area contributed by atoms with Gasteiger partial charge in [0, 0.05) is 23.2 Å². The maximum Gasteiger partial charge on any atom is 0.336 e. The van der Waals surface area contributed by atoms with Gasteiger partial charge < -0.3 is 14.7 Å². The first-order chi connectivity index (χ1) is 12.4. The number of hydrogen-bond acceptors (Lipinski definition) is 4. The van der Waals surface area contributed by atoms with E-state index in [0.29, 0.717) is 22.9 Å². The molecule has 2 heterocycles. The first-order valence-corrected chi connectivity index (χ1v) is 8.55. The van der Waals surface area contributed by atoms with Gasteiger partial charge in [-0.3, -0.25) is 0 Å². The van der Waals surface area contributed by atoms with Crippen LogP contribution < -0.4 is 4.74 Å². The van der Waals surface area contributed by atoms with Crippen molar-refractivity contribution in [3.05, 3.63) is 58.5 Å². The van der Waals surface area contributed by atoms with Crippen LogP contribution in [0.15, 0.2) is 30.3 Å². The molecule has 2 aromatic rings. The van der Waals surface area contributed by atoms with Crippen molar-refractivity contribution in [2.75, 3.05) is 13.1 Å². The molecule has 5 nitrogen and oxygen atoms in total. The molecule has 1 N–H and O–H groups in total. The lowest BCUT2D eigenvalue weighted by Gasteiger charge is -2.29. The summed E-state index contributed by atoms with van der Waals surface area (Å²) in [7, 11) is 5.79. The number of piperidine rings is 1. The predicted molar refractivity (Wildman–Crippen MR) is 96.0 cm³/mol. The van der Waals surface area contributed by atoms with Gasteiger partial charge in [0.25, 0.3) is 0 Å². The Balaban J connectivity index is 1.69. The lowest BCUT2D eigenvalue weighted by Crippen LogP contribution is -2.30. The number of carbonyl (C=O) groups is 1. The topological polar surface area (TPSA) is 62.7 Å². The van der Waals surface area contributed by atoms with E-state index in [1.807, 2.05) is 16.9 Å². The van der Waals surface area contributed by atoms with Crippen molar-refractivity contribution in [1.82, 2.24) is 9.79 Å². The number of aromatic nitrogens is 1. The largest absolute Gasteiger partial charge is 0.478 e. The van der Waals surface area contributed by atoms with Gasteiger partial charge in [-0.2, -0.15) is 0 Å². The standard InChI is InChI=1S/C19H20BFN2O3/c1-12-9-14(16(21)10-15(12)19(24)25)11-26-18-4-2-3-17(22-18)13-5-7-23(20)8-6-13/h2-4,9-10,13H,5-8,11H2,1H3,(H,24,25). The molecule has 0 bridgehead atoms. The zero-order valence-corrected chi connectivity index (χ0v) is 14.6. The molecule has 1 aliphatic rings. The number of hydrogen-bond donors (Lipinski definition) is 1. The van der Waals surface area contributed by atoms with Crippen LogP contribution in [-0.2, 0) is 6.61 Å². The molecular formula is C19H20BFN2O3. The molecule has 1 aliphatic heterocycles. The maximum atomic E-state index is 14.1. The molecular weight excluding hydrogens is 334 g/mol. The van der Waals surface area contributed by atoms with Gasteiger partial charge in [0.15, 0.2) is 7.98 Å². The summed E-state index contributed by atoms with van der Waals surface area (Å²) >= 11 is 0. The van der Waals surface area contributed by atoms with E-state index in [-0.39, 0.29) is 12.2 Å². The van der Waals surface area contributed by atoms with Crippen LogP contribution in [0, 0.1) is 12.7 Å². The second kappa shape index (κ2) is 7.87. The van der Waals surface area contributed by atoms with E-state index in [1.165, 1.54) is 6.07 Å². The fourth-order valence-electron chi connectivity index (χ4n) is 3.17. The molecule has 0 aliphatic carbocycles. The van der Waals surface area contributed by atoms with Gasteiger partial charge in [0.05, 0.1) is 5.56 Å². The molecule has 1 fully saturated rings. The van der Waals surface area contributed by atoms with Crippen molar-refractivity contribution in [3.8, 4) is 5.88 Å². The van der Waals surface area contributed by atoms with Crippen LogP contribution in [0.1, 0.15) is 45.9 Å². The van der Waals surface area contributed by atoms with Gasteiger partial charge in [-0.1, -0.05) is 6.07 Å². The molecule has 1 aromatic heterocycles. The summed E-state index contributed by atoms with van der Waals surface area (Å²) in [5.41, 5.74) is 1.70. The smallest absolute Gasteiger partial charge is 0.336 e. The van der Waals surface area contributed by atoms with Crippen molar-refractivity contribution in [2.45, 2.75) is 32.3 Å². The zero-order chi connectivity index (χ0) is 18.7. The predicted octanol–water partition coefficient (Wildman–Crippen LogP) is 3.07. The number of carboxylic acid groups (broad SMARTS) is 1. The Kier molecular flexibility index (Phi) is 5.56. The molecule has 7 heteroatoms. The summed E-state index contributed by atoms with van der Waals surface area (Å²) in [6.45, 7) is 3.29. The molecule has 1 aromatic carbocycles. The summed E-state index contributed by atoms with van der Waals surface area (Å²) in [5, 5.41) is 9.04. The van der Waals surface area contributed by atoms with E-state index >= 15 is 0 Å². The highest BCUT2D eigenvalue weighted by molar-refractivity contribution is 6.04. The number of halogens is 1. The van der Waals surface area contributed by atoms with Crippen molar-refractivity contribution in [3.63, 3.8) is 0 Å². The lowest BCUT2D eigenvalue weighted by molar-refractivity contribution is 0.0695. The maximum absolute atomic E-state index is 14.1. The number of carboxylic acids is 1. The first kappa shape index (κ1) is 18.4. The average Bonchev–Trinajstić information content (AvgIpc) is 2.62. The highest BCUT2D eigenvalue weighted by atomic mass is 19.1. The van der Waals surface area contributed by atoms with Crippen LogP contribution in [0.3, 0.4) is 0 Å². The Morgan fingerprint density at radius 1 is 1.38 bits per heavy atom. The SMILES string of the molecule is [B]N1CCC(c2cccc(OCc3cc(C)c(C(=O)O)cc3F)n2)CC1. The Bertz CT molecular complexity index is 807. The third-order valence-electron chi connectivity index (χ3n) is 4.69. The van der Waals surface area contributed by atoms with Gasteiger partial charge >= 0.3 is 5.97 Å². The van der Waals surface area contributed by atoms with Gasteiger partial charge in [-0.25, -0.2) is 14.2 Å². The van der Waals surface area contributed by atoms with Gasteiger partial charge in [0.2, 0.25) is 5.88 Å². The molecule has 0 spiro atoms. The molecule has 0 amide bonds. The second-order valence-electron chi connectivity index (χ2n) is 6.56. The van der Waals surface area contributed by atoms with E-state index in [2.05, 4.69) is 4.98 Å². The molecule has 0 atom stereocenters. The van der Waals surface area contributed by atoms with Crippen LogP contribution in [0.5, 0.6) is 5.88 Å². The lowest BCUT2D eigenvalue weighted by atomic mass is 9.92. The average molecular weight is 354 g/mol. The van der Waals surface area contributed by atoms with Crippen LogP contribution >= 0.6 is 0 Å². The summed E-state index contributed by atoms with van der Waals surface area (Å²) in [4.78, 5) is 17.4. The van der Waals surface area contributed by atoms with Crippen LogP contribution in [-0.4, -0.2) is 41.9 Å². The summed E-state index contributed by atoms with van der Waals surface area (Å²) in [5.74, 6) is -0.976. The van der Waals surface area contributed by atoms with Crippen LogP contribution in [0.4, 0.5) is 4.39 Å². The van der Waals surface area contributed by atoms with E-state index in [0.717, 1.165) is 37.7 Å². The van der Waals surface area contributed by atoms with Crippen molar-refractivity contribution in [2.24, 2.45) is 0 Å². The number of aromatic carboxylic acids is 1. The normalized spacial score (nSPS) is 15.8. The molecule has 0 unspecified atom stereocenters. The third-order valence-corrected chi connectivity index (χ3v) is 4.69. The minimum absolute atomic E-state index is 0.00965. The Morgan fingerprint density at radius 2 is 2.12 bits per heavy atom. The zero-order valence-electron chi connectivity index (χ0n) is 14.6. The van der Waals surface area contributed by atoms with Crippen molar-refractivity contribution < 1.29 is 19.0 Å². The van der Waals surface area contributed by atoms with E-state index in [9.17, 15) is 9.18 Å². The summed E-state index contributed by atoms with van der Waals surface area (Å²) in [6, 6.07) is 8.11. The van der Waals surface area contributed by atoms with Gasteiger partial charge in [-0.15, -0.1) is 0 Å². The van der Waals surface area contributed by atoms with E-state index in [4.69, 9.17) is 17.8 Å². The Hall–Kier alpha value is -2.41. The number of nitrogens with zero attached hydrogens (tertiary/aromatic N) is 2. The van der Waals surface area contributed by atoms with Crippen molar-refractivity contribution >= 4 is 14.0 Å². The number of ether oxygens (including phenoxy) is 1. The molecule has 26 heavy (non-hydrogen) atoms. The summed E-state index contributed by atoms with van der Waals surface area (Å²) < 4.78 is 19.8. The quantitative estimate of drug-likeness (QED) is 0.837. The third kappa shape index (κ3) is 4.22. The molecule has 3 rings (SSSR count). The highest BCUT2D eigenvalue weighted by Crippen LogP contribution is 2.27. The van der Waals surface area contributed by atoms with E-state index < -0.39 is 11.8 Å². The number of aryl methyl sites for hydroxylation is 1. The highest BCUT2D eigenvalue weighted by Gasteiger charge is 2.19. The molecule has 1 saturated heterocycles. The van der Waals surface area contributed by atoms with Gasteiger partial charge in [0.1, 0.15) is 12.4 Å². The summed E-state index contributed by atoms with van der Waals surface area (Å²) in [6.07, 6.45) is 1.88. The van der Waals surface area contributed by atoms with Gasteiger partial charge in [-0.05, 0) is 56.6 Å². The number of benzene rings is 1. The fraction of sp³-hybridized carbons (Fsp3) is 0.368. The minimum Gasteiger partial charge on any atom is -0.478 e. The number of pyridine rings is 1. The van der Waals surface area contributed by atoms with Crippen molar-refractivity contribution in [1.29, 1.82) is 0 Å². The first-order valence-electron chi connectivity index (χ1n) is 8.55. The molecule has 134 valence electrons. The Labute approximate surface area is 153 Å². The fourth-order valence-corrected chi connectivity index (χ4v) is 3.17. The van der Waals surface area contributed by atoms with E-state index in [1.54, 1.807) is 13.0 Å². The van der Waals surface area contributed by atoms with Crippen LogP contribution in [0.25, 0.3) is 0 Å². The minimum atomic E-state index is -1.15. The second-order valence-corrected chi connectivity index (χ2v) is 6.56. The number of rotatable bonds is 5. The monoisotopic (exact) mass is 354 g/mol. The molecule has 0 saturated carbocycles.